The Kier molecular flexibility index (Phi) is 3.92. The number of rotatable bonds is 3. The number of amides is 1. The Morgan fingerprint density at radius 3 is 2.81 bits per heavy atom. The van der Waals surface area contributed by atoms with Crippen molar-refractivity contribution in [2.75, 3.05) is 13.1 Å². The summed E-state index contributed by atoms with van der Waals surface area (Å²) < 4.78 is 15.3. The largest absolute Gasteiger partial charge is 0.331 e. The molecule has 2 heterocycles. The zero-order chi connectivity index (χ0) is 18.3. The van der Waals surface area contributed by atoms with Crippen LogP contribution in [0.4, 0.5) is 4.39 Å². The van der Waals surface area contributed by atoms with Crippen molar-refractivity contribution in [2.24, 2.45) is 7.05 Å². The molecule has 0 bridgehead atoms. The highest BCUT2D eigenvalue weighted by atomic mass is 19.1. The molecule has 0 N–H and O–H groups in total. The second kappa shape index (κ2) is 6.26. The SMILES string of the molecule is C=CC(=O)N1CC=C(c2c3ccc(-c4cccc(F)c4)cc3nn2C)C1. The van der Waals surface area contributed by atoms with Gasteiger partial charge in [0.05, 0.1) is 11.2 Å². The molecule has 3 aromatic rings. The van der Waals surface area contributed by atoms with Crippen LogP contribution in [-0.2, 0) is 11.8 Å². The first-order valence-corrected chi connectivity index (χ1v) is 8.40. The van der Waals surface area contributed by atoms with E-state index in [9.17, 15) is 9.18 Å². The third kappa shape index (κ3) is 2.71. The first kappa shape index (κ1) is 16.3. The zero-order valence-electron chi connectivity index (χ0n) is 14.4. The third-order valence-corrected chi connectivity index (χ3v) is 4.70. The standard InChI is InChI=1S/C21H18FN3O/c1-3-20(26)25-10-9-16(13-25)21-18-8-7-15(12-19(18)23-24(21)2)14-5-4-6-17(22)11-14/h3-9,11-12H,1,10,13H2,2H3. The Hall–Kier alpha value is -3.21. The van der Waals surface area contributed by atoms with E-state index in [2.05, 4.69) is 17.8 Å². The summed E-state index contributed by atoms with van der Waals surface area (Å²) in [6.07, 6.45) is 3.39. The van der Waals surface area contributed by atoms with Gasteiger partial charge < -0.3 is 4.90 Å². The summed E-state index contributed by atoms with van der Waals surface area (Å²) in [7, 11) is 1.90. The number of halogens is 1. The van der Waals surface area contributed by atoms with Gasteiger partial charge in [0, 0.05) is 25.5 Å². The van der Waals surface area contributed by atoms with E-state index in [1.165, 1.54) is 18.2 Å². The topological polar surface area (TPSA) is 38.1 Å². The monoisotopic (exact) mass is 347 g/mol. The first-order chi connectivity index (χ1) is 12.6. The van der Waals surface area contributed by atoms with Gasteiger partial charge >= 0.3 is 0 Å². The lowest BCUT2D eigenvalue weighted by Gasteiger charge is -2.14. The van der Waals surface area contributed by atoms with E-state index in [0.717, 1.165) is 33.3 Å². The number of fused-ring (bicyclic) bond motifs is 1. The summed E-state index contributed by atoms with van der Waals surface area (Å²) in [5.41, 5.74) is 4.67. The van der Waals surface area contributed by atoms with Gasteiger partial charge in [-0.15, -0.1) is 0 Å². The highest BCUT2D eigenvalue weighted by Gasteiger charge is 2.22. The molecule has 5 heteroatoms. The average molecular weight is 347 g/mol. The fraction of sp³-hybridized carbons (Fsp3) is 0.143. The molecule has 0 aliphatic carbocycles. The Balaban J connectivity index is 1.73. The Morgan fingerprint density at radius 1 is 1.23 bits per heavy atom. The minimum Gasteiger partial charge on any atom is -0.331 e. The van der Waals surface area contributed by atoms with Crippen molar-refractivity contribution in [3.05, 3.63) is 72.7 Å². The van der Waals surface area contributed by atoms with Crippen LogP contribution in [0.5, 0.6) is 0 Å². The maximum absolute atomic E-state index is 13.5. The Morgan fingerprint density at radius 2 is 2.04 bits per heavy atom. The van der Waals surface area contributed by atoms with Gasteiger partial charge in [0.15, 0.2) is 0 Å². The summed E-state index contributed by atoms with van der Waals surface area (Å²) in [4.78, 5) is 13.6. The first-order valence-electron chi connectivity index (χ1n) is 8.40. The molecule has 1 aliphatic heterocycles. The van der Waals surface area contributed by atoms with Crippen LogP contribution in [0.2, 0.25) is 0 Å². The normalized spacial score (nSPS) is 13.9. The highest BCUT2D eigenvalue weighted by molar-refractivity contribution is 5.96. The highest BCUT2D eigenvalue weighted by Crippen LogP contribution is 2.31. The van der Waals surface area contributed by atoms with E-state index < -0.39 is 0 Å². The molecule has 26 heavy (non-hydrogen) atoms. The molecule has 0 radical (unpaired) electrons. The van der Waals surface area contributed by atoms with Crippen molar-refractivity contribution in [1.82, 2.24) is 14.7 Å². The van der Waals surface area contributed by atoms with Crippen molar-refractivity contribution >= 4 is 22.4 Å². The van der Waals surface area contributed by atoms with Crippen molar-refractivity contribution in [2.45, 2.75) is 0 Å². The Labute approximate surface area is 150 Å². The van der Waals surface area contributed by atoms with E-state index in [4.69, 9.17) is 0 Å². The number of aromatic nitrogens is 2. The van der Waals surface area contributed by atoms with Crippen molar-refractivity contribution in [1.29, 1.82) is 0 Å². The zero-order valence-corrected chi connectivity index (χ0v) is 14.4. The molecule has 1 amide bonds. The molecule has 0 saturated heterocycles. The molecule has 0 saturated carbocycles. The summed E-state index contributed by atoms with van der Waals surface area (Å²) in [5.74, 6) is -0.330. The van der Waals surface area contributed by atoms with Gasteiger partial charge in [-0.3, -0.25) is 9.48 Å². The van der Waals surface area contributed by atoms with Crippen LogP contribution >= 0.6 is 0 Å². The number of hydrogen-bond acceptors (Lipinski definition) is 2. The van der Waals surface area contributed by atoms with E-state index in [1.54, 1.807) is 11.0 Å². The molecular formula is C21H18FN3O. The molecule has 130 valence electrons. The molecule has 0 atom stereocenters. The van der Waals surface area contributed by atoms with Gasteiger partial charge in [-0.1, -0.05) is 30.9 Å². The molecule has 0 fully saturated rings. The van der Waals surface area contributed by atoms with Crippen molar-refractivity contribution < 1.29 is 9.18 Å². The molecule has 4 rings (SSSR count). The molecule has 2 aromatic carbocycles. The van der Waals surface area contributed by atoms with Crippen molar-refractivity contribution in [3.8, 4) is 11.1 Å². The van der Waals surface area contributed by atoms with E-state index >= 15 is 0 Å². The van der Waals surface area contributed by atoms with Crippen LogP contribution < -0.4 is 0 Å². The van der Waals surface area contributed by atoms with Gasteiger partial charge in [0.25, 0.3) is 0 Å². The minimum atomic E-state index is -0.257. The van der Waals surface area contributed by atoms with Crippen LogP contribution in [0.25, 0.3) is 27.6 Å². The fourth-order valence-corrected chi connectivity index (χ4v) is 3.45. The van der Waals surface area contributed by atoms with Crippen molar-refractivity contribution in [3.63, 3.8) is 0 Å². The predicted octanol–water partition coefficient (Wildman–Crippen LogP) is 3.79. The maximum Gasteiger partial charge on any atom is 0.246 e. The summed E-state index contributed by atoms with van der Waals surface area (Å²) >= 11 is 0. The lowest BCUT2D eigenvalue weighted by molar-refractivity contribution is -0.124. The van der Waals surface area contributed by atoms with Gasteiger partial charge in [-0.05, 0) is 47.0 Å². The molecule has 0 unspecified atom stereocenters. The van der Waals surface area contributed by atoms with Crippen LogP contribution in [0.1, 0.15) is 5.69 Å². The minimum absolute atomic E-state index is 0.0730. The number of nitrogens with zero attached hydrogens (tertiary/aromatic N) is 3. The number of benzene rings is 2. The lowest BCUT2D eigenvalue weighted by atomic mass is 10.0. The molecule has 0 spiro atoms. The molecule has 1 aliphatic rings. The van der Waals surface area contributed by atoms with Gasteiger partial charge in [0.1, 0.15) is 5.82 Å². The molecule has 1 aromatic heterocycles. The molecular weight excluding hydrogens is 329 g/mol. The lowest BCUT2D eigenvalue weighted by Crippen LogP contribution is -2.26. The number of carbonyl (C=O) groups excluding carboxylic acids is 1. The quantitative estimate of drug-likeness (QED) is 0.676. The fourth-order valence-electron chi connectivity index (χ4n) is 3.45. The average Bonchev–Trinajstić information content (AvgIpc) is 3.23. The third-order valence-electron chi connectivity index (χ3n) is 4.70. The van der Waals surface area contributed by atoms with Crippen LogP contribution in [0, 0.1) is 5.82 Å². The molecule has 4 nitrogen and oxygen atoms in total. The Bertz CT molecular complexity index is 1060. The van der Waals surface area contributed by atoms with Gasteiger partial charge in [0.2, 0.25) is 5.91 Å². The van der Waals surface area contributed by atoms with E-state index in [0.29, 0.717) is 13.1 Å². The van der Waals surface area contributed by atoms with Gasteiger partial charge in [-0.25, -0.2) is 4.39 Å². The predicted molar refractivity (Wildman–Crippen MR) is 101 cm³/mol. The van der Waals surface area contributed by atoms with Crippen LogP contribution in [0.15, 0.2) is 61.2 Å². The maximum atomic E-state index is 13.5. The second-order valence-corrected chi connectivity index (χ2v) is 6.37. The number of carbonyl (C=O) groups is 1. The number of hydrogen-bond donors (Lipinski definition) is 0. The van der Waals surface area contributed by atoms with Gasteiger partial charge in [-0.2, -0.15) is 5.10 Å². The smallest absolute Gasteiger partial charge is 0.246 e. The van der Waals surface area contributed by atoms with E-state index in [-0.39, 0.29) is 11.7 Å². The summed E-state index contributed by atoms with van der Waals surface area (Å²) in [6, 6.07) is 12.5. The van der Waals surface area contributed by atoms with E-state index in [1.807, 2.05) is 36.0 Å². The number of aryl methyl sites for hydroxylation is 1. The summed E-state index contributed by atoms with van der Waals surface area (Å²) in [6.45, 7) is 4.67. The second-order valence-electron chi connectivity index (χ2n) is 6.37. The summed E-state index contributed by atoms with van der Waals surface area (Å²) in [5, 5.41) is 5.63. The van der Waals surface area contributed by atoms with Crippen LogP contribution in [0.3, 0.4) is 0 Å². The van der Waals surface area contributed by atoms with Crippen LogP contribution in [-0.4, -0.2) is 33.7 Å².